The third kappa shape index (κ3) is 2.17. The van der Waals surface area contributed by atoms with E-state index in [9.17, 15) is 14.4 Å². The van der Waals surface area contributed by atoms with Gasteiger partial charge in [0.15, 0.2) is 0 Å². The molecular weight excluding hydrogens is 262 g/mol. The quantitative estimate of drug-likeness (QED) is 0.774. The first kappa shape index (κ1) is 14.2. The lowest BCUT2D eigenvalue weighted by Crippen LogP contribution is -2.63. The van der Waals surface area contributed by atoms with E-state index in [1.807, 2.05) is 0 Å². The van der Waals surface area contributed by atoms with Crippen molar-refractivity contribution in [2.45, 2.75) is 33.2 Å². The van der Waals surface area contributed by atoms with Crippen LogP contribution in [0.2, 0.25) is 0 Å². The van der Waals surface area contributed by atoms with E-state index >= 15 is 0 Å². The Balaban J connectivity index is 2.17. The third-order valence-corrected chi connectivity index (χ3v) is 3.79. The third-order valence-electron chi connectivity index (χ3n) is 3.79. The maximum Gasteiger partial charge on any atom is 0.330 e. The Bertz CT molecular complexity index is 521. The van der Waals surface area contributed by atoms with Gasteiger partial charge in [-0.3, -0.25) is 24.5 Å². The van der Waals surface area contributed by atoms with E-state index in [2.05, 4.69) is 15.6 Å². The van der Waals surface area contributed by atoms with Crippen LogP contribution in [0.4, 0.5) is 4.79 Å². The number of rotatable bonds is 5. The molecule has 20 heavy (non-hydrogen) atoms. The summed E-state index contributed by atoms with van der Waals surface area (Å²) >= 11 is 0. The van der Waals surface area contributed by atoms with Gasteiger partial charge in [-0.1, -0.05) is 19.1 Å². The van der Waals surface area contributed by atoms with Crippen LogP contribution in [-0.2, 0) is 16.1 Å². The van der Waals surface area contributed by atoms with Crippen molar-refractivity contribution < 1.29 is 14.4 Å². The molecule has 4 amide bonds. The van der Waals surface area contributed by atoms with Crippen molar-refractivity contribution in [3.05, 3.63) is 12.4 Å². The van der Waals surface area contributed by atoms with Crippen molar-refractivity contribution in [2.75, 3.05) is 6.54 Å². The molecule has 8 nitrogen and oxygen atoms in total. The molecule has 1 fully saturated rings. The van der Waals surface area contributed by atoms with E-state index in [0.29, 0.717) is 19.4 Å². The van der Waals surface area contributed by atoms with Crippen molar-refractivity contribution in [3.63, 3.8) is 0 Å². The van der Waals surface area contributed by atoms with Crippen LogP contribution < -0.4 is 5.32 Å². The van der Waals surface area contributed by atoms with Crippen LogP contribution in [-0.4, -0.2) is 44.3 Å². The van der Waals surface area contributed by atoms with Crippen LogP contribution >= 0.6 is 0 Å². The fourth-order valence-electron chi connectivity index (χ4n) is 2.36. The number of nitrogens with one attached hydrogen (secondary N) is 1. The van der Waals surface area contributed by atoms with Gasteiger partial charge in [0.2, 0.25) is 11.8 Å². The number of barbiturate groups is 1. The summed E-state index contributed by atoms with van der Waals surface area (Å²) in [7, 11) is 0. The Morgan fingerprint density at radius 1 is 1.20 bits per heavy atom. The second-order valence-electron chi connectivity index (χ2n) is 4.67. The maximum absolute atomic E-state index is 12.5. The lowest BCUT2D eigenvalue weighted by Gasteiger charge is -2.38. The van der Waals surface area contributed by atoms with E-state index in [-0.39, 0.29) is 6.54 Å². The summed E-state index contributed by atoms with van der Waals surface area (Å²) < 4.78 is 1.52. The highest BCUT2D eigenvalue weighted by Crippen LogP contribution is 2.32. The lowest BCUT2D eigenvalue weighted by atomic mass is 9.78. The van der Waals surface area contributed by atoms with Gasteiger partial charge in [-0.15, -0.1) is 5.10 Å². The summed E-state index contributed by atoms with van der Waals surface area (Å²) in [5.41, 5.74) is -1.14. The fourth-order valence-corrected chi connectivity index (χ4v) is 2.36. The zero-order valence-corrected chi connectivity index (χ0v) is 11.5. The fraction of sp³-hybridized carbons (Fsp3) is 0.583. The number of carbonyl (C=O) groups excluding carboxylic acids is 3. The Morgan fingerprint density at radius 2 is 1.90 bits per heavy atom. The minimum absolute atomic E-state index is 0.156. The van der Waals surface area contributed by atoms with E-state index < -0.39 is 23.3 Å². The zero-order chi connectivity index (χ0) is 14.8. The molecule has 1 aromatic rings. The number of hydrogen-bond acceptors (Lipinski definition) is 5. The zero-order valence-electron chi connectivity index (χ0n) is 11.5. The smallest absolute Gasteiger partial charge is 0.277 e. The Labute approximate surface area is 116 Å². The molecule has 108 valence electrons. The molecule has 0 unspecified atom stereocenters. The highest BCUT2D eigenvalue weighted by molar-refractivity contribution is 6.19. The molecule has 1 aromatic heterocycles. The van der Waals surface area contributed by atoms with Gasteiger partial charge in [-0.2, -0.15) is 0 Å². The molecule has 2 heterocycles. The Kier molecular flexibility index (Phi) is 3.82. The highest BCUT2D eigenvalue weighted by atomic mass is 16.2. The van der Waals surface area contributed by atoms with Gasteiger partial charge in [0, 0.05) is 6.20 Å². The van der Waals surface area contributed by atoms with Crippen molar-refractivity contribution in [1.29, 1.82) is 0 Å². The number of aromatic nitrogens is 3. The molecule has 1 aliphatic heterocycles. The number of nitrogens with zero attached hydrogens (tertiary/aromatic N) is 4. The molecule has 1 aliphatic rings. The predicted molar refractivity (Wildman–Crippen MR) is 68.3 cm³/mol. The molecule has 2 rings (SSSR count). The molecule has 8 heteroatoms. The van der Waals surface area contributed by atoms with Crippen LogP contribution in [0.25, 0.3) is 0 Å². The average molecular weight is 279 g/mol. The summed E-state index contributed by atoms with van der Waals surface area (Å²) in [6.45, 7) is 4.04. The van der Waals surface area contributed by atoms with Gasteiger partial charge >= 0.3 is 6.03 Å². The standard InChI is InChI=1S/C12H17N5O3/c1-3-12(4-2)9(18)14-11(20)17(10(12)19)8-7-16-6-5-13-15-16/h5-6H,3-4,7-8H2,1-2H3,(H,14,18,20). The molecule has 0 spiro atoms. The lowest BCUT2D eigenvalue weighted by molar-refractivity contribution is -0.152. The molecule has 0 aliphatic carbocycles. The second-order valence-corrected chi connectivity index (χ2v) is 4.67. The minimum Gasteiger partial charge on any atom is -0.277 e. The van der Waals surface area contributed by atoms with Gasteiger partial charge in [0.1, 0.15) is 5.41 Å². The Hall–Kier alpha value is -2.25. The molecule has 0 atom stereocenters. The molecule has 1 N–H and O–H groups in total. The maximum atomic E-state index is 12.5. The van der Waals surface area contributed by atoms with Gasteiger partial charge in [0.05, 0.1) is 19.3 Å². The minimum atomic E-state index is -1.14. The molecule has 1 saturated heterocycles. The molecule has 0 aromatic carbocycles. The van der Waals surface area contributed by atoms with Crippen molar-refractivity contribution >= 4 is 17.8 Å². The summed E-state index contributed by atoms with van der Waals surface area (Å²) in [6.07, 6.45) is 3.89. The molecule has 0 saturated carbocycles. The number of imide groups is 2. The van der Waals surface area contributed by atoms with Crippen molar-refractivity contribution in [1.82, 2.24) is 25.2 Å². The average Bonchev–Trinajstić information content (AvgIpc) is 2.93. The SMILES string of the molecule is CCC1(CC)C(=O)NC(=O)N(CCn2ccnn2)C1=O. The molecular formula is C12H17N5O3. The van der Waals surface area contributed by atoms with E-state index in [0.717, 1.165) is 4.90 Å². The number of urea groups is 1. The number of hydrogen-bond donors (Lipinski definition) is 1. The van der Waals surface area contributed by atoms with Gasteiger partial charge in [-0.05, 0) is 12.8 Å². The van der Waals surface area contributed by atoms with Gasteiger partial charge < -0.3 is 0 Å². The van der Waals surface area contributed by atoms with E-state index in [1.54, 1.807) is 20.0 Å². The number of carbonyl (C=O) groups is 3. The van der Waals surface area contributed by atoms with Crippen LogP contribution in [0.15, 0.2) is 12.4 Å². The summed E-state index contributed by atoms with van der Waals surface area (Å²) in [6, 6.07) is -0.669. The topological polar surface area (TPSA) is 97.2 Å². The van der Waals surface area contributed by atoms with Crippen LogP contribution in [0.5, 0.6) is 0 Å². The first-order valence-electron chi connectivity index (χ1n) is 6.56. The van der Waals surface area contributed by atoms with Gasteiger partial charge in [0.25, 0.3) is 0 Å². The molecule has 0 bridgehead atoms. The summed E-state index contributed by atoms with van der Waals surface area (Å²) in [4.78, 5) is 37.4. The van der Waals surface area contributed by atoms with E-state index in [4.69, 9.17) is 0 Å². The predicted octanol–water partition coefficient (Wildman–Crippen LogP) is 0.163. The molecule has 0 radical (unpaired) electrons. The number of amides is 4. The Morgan fingerprint density at radius 3 is 2.45 bits per heavy atom. The largest absolute Gasteiger partial charge is 0.330 e. The monoisotopic (exact) mass is 279 g/mol. The summed E-state index contributed by atoms with van der Waals surface area (Å²) in [5.74, 6) is -0.939. The van der Waals surface area contributed by atoms with Gasteiger partial charge in [-0.25, -0.2) is 4.79 Å². The second kappa shape index (κ2) is 5.40. The van der Waals surface area contributed by atoms with E-state index in [1.165, 1.54) is 10.9 Å². The first-order valence-corrected chi connectivity index (χ1v) is 6.56. The van der Waals surface area contributed by atoms with Crippen molar-refractivity contribution in [3.8, 4) is 0 Å². The van der Waals surface area contributed by atoms with Crippen molar-refractivity contribution in [2.24, 2.45) is 5.41 Å². The first-order chi connectivity index (χ1) is 9.55. The normalized spacial score (nSPS) is 18.3. The highest BCUT2D eigenvalue weighted by Gasteiger charge is 2.51. The van der Waals surface area contributed by atoms with Crippen LogP contribution in [0.3, 0.4) is 0 Å². The van der Waals surface area contributed by atoms with Crippen LogP contribution in [0, 0.1) is 5.41 Å². The van der Waals surface area contributed by atoms with Crippen LogP contribution in [0.1, 0.15) is 26.7 Å². The summed E-state index contributed by atoms with van der Waals surface area (Å²) in [5, 5.41) is 9.69.